The zero-order valence-corrected chi connectivity index (χ0v) is 28.7. The zero-order valence-electron chi connectivity index (χ0n) is 28.7. The van der Waals surface area contributed by atoms with E-state index in [0.717, 1.165) is 40.7 Å². The molecule has 0 aliphatic heterocycles. The number of aliphatic carboxylic acids is 1. The van der Waals surface area contributed by atoms with E-state index < -0.39 is 17.6 Å². The van der Waals surface area contributed by atoms with E-state index in [4.69, 9.17) is 5.11 Å². The van der Waals surface area contributed by atoms with Gasteiger partial charge in [-0.05, 0) is 89.5 Å². The van der Waals surface area contributed by atoms with Crippen molar-refractivity contribution in [1.82, 2.24) is 4.90 Å². The third-order valence-corrected chi connectivity index (χ3v) is 9.17. The molecule has 1 amide bonds. The van der Waals surface area contributed by atoms with Gasteiger partial charge < -0.3 is 15.1 Å². The van der Waals surface area contributed by atoms with Crippen LogP contribution in [0.25, 0.3) is 0 Å². The Labute approximate surface area is 256 Å². The van der Waals surface area contributed by atoms with Gasteiger partial charge in [-0.15, -0.1) is 12.8 Å². The van der Waals surface area contributed by atoms with Crippen molar-refractivity contribution in [3.05, 3.63) is 58.2 Å². The molecule has 0 fully saturated rings. The Morgan fingerprint density at radius 2 is 1.43 bits per heavy atom. The van der Waals surface area contributed by atoms with Gasteiger partial charge in [0.25, 0.3) is 5.91 Å². The molecule has 0 radical (unpaired) electrons. The van der Waals surface area contributed by atoms with Crippen LogP contribution in [0, 0.1) is 31.1 Å². The number of ketones is 1. The van der Waals surface area contributed by atoms with Crippen molar-refractivity contribution in [3.8, 4) is 12.8 Å². The Morgan fingerprint density at radius 3 is 1.74 bits per heavy atom. The van der Waals surface area contributed by atoms with Crippen LogP contribution in [0.4, 0.5) is 0 Å². The number of terminal acetylenes is 1. The number of carboxylic acids is 1. The molecule has 0 aliphatic rings. The first-order valence-electron chi connectivity index (χ1n) is 14.6. The molecule has 0 saturated carbocycles. The number of hydrogen-bond donors (Lipinski definition) is 2. The van der Waals surface area contributed by atoms with Crippen LogP contribution in [0.1, 0.15) is 117 Å². The minimum atomic E-state index is -1.02. The highest BCUT2D eigenvalue weighted by Crippen LogP contribution is 2.39. The summed E-state index contributed by atoms with van der Waals surface area (Å²) >= 11 is 0. The van der Waals surface area contributed by atoms with Crippen LogP contribution in [0.15, 0.2) is 41.5 Å². The number of hydrogen-bond acceptors (Lipinski definition) is 4. The quantitative estimate of drug-likeness (QED) is 0.167. The Bertz CT molecular complexity index is 1150. The number of nitrogens with zero attached hydrogens (tertiary/aromatic N) is 1. The van der Waals surface area contributed by atoms with E-state index in [2.05, 4.69) is 33.3 Å². The van der Waals surface area contributed by atoms with Crippen LogP contribution < -0.4 is 0 Å². The number of benzene rings is 1. The molecule has 42 heavy (non-hydrogen) atoms. The number of carbonyl (C=O) groups excluding carboxylic acids is 2. The first kappa shape index (κ1) is 41.0. The summed E-state index contributed by atoms with van der Waals surface area (Å²) in [5, 5.41) is 19.6. The van der Waals surface area contributed by atoms with E-state index in [9.17, 15) is 19.5 Å². The maximum Gasteiger partial charge on any atom is 0.326 e. The molecule has 3 atom stereocenters. The summed E-state index contributed by atoms with van der Waals surface area (Å²) < 4.78 is 0. The Kier molecular flexibility index (Phi) is 16.1. The normalized spacial score (nSPS) is 13.9. The average molecular weight is 584 g/mol. The Morgan fingerprint density at radius 1 is 0.976 bits per heavy atom. The number of Topliss-reactive ketones (excluding diaryl/α,β-unsaturated/α-hetero) is 1. The molecule has 2 N–H and O–H groups in total. The second-order valence-electron chi connectivity index (χ2n) is 12.6. The lowest BCUT2D eigenvalue weighted by molar-refractivity contribution is -0.141. The van der Waals surface area contributed by atoms with Gasteiger partial charge in [-0.1, -0.05) is 71.4 Å². The lowest BCUT2D eigenvalue weighted by atomic mass is 9.68. The van der Waals surface area contributed by atoms with Gasteiger partial charge >= 0.3 is 5.97 Å². The number of carbonyl (C=O) groups is 3. The zero-order chi connectivity index (χ0) is 34.0. The highest BCUT2D eigenvalue weighted by molar-refractivity contribution is 5.98. The summed E-state index contributed by atoms with van der Waals surface area (Å²) in [7, 11) is 1.52. The molecule has 0 spiro atoms. The van der Waals surface area contributed by atoms with Crippen LogP contribution in [0.5, 0.6) is 0 Å². The van der Waals surface area contributed by atoms with Gasteiger partial charge in [-0.2, -0.15) is 0 Å². The lowest BCUT2D eigenvalue weighted by Crippen LogP contribution is -2.48. The second kappa shape index (κ2) is 16.5. The van der Waals surface area contributed by atoms with E-state index >= 15 is 0 Å². The smallest absolute Gasteiger partial charge is 0.326 e. The maximum absolute atomic E-state index is 12.6. The average Bonchev–Trinajstić information content (AvgIpc) is 2.92. The predicted molar refractivity (Wildman–Crippen MR) is 176 cm³/mol. The largest absolute Gasteiger partial charge is 0.480 e. The van der Waals surface area contributed by atoms with E-state index in [-0.39, 0.29) is 28.4 Å². The highest BCUT2D eigenvalue weighted by Gasteiger charge is 2.43. The number of likely N-dealkylation sites (N-methyl/N-ethyl adjacent to an activating group) is 1. The van der Waals surface area contributed by atoms with Crippen molar-refractivity contribution in [2.75, 3.05) is 7.05 Å². The molecule has 0 aromatic heterocycles. The molecule has 1 aromatic carbocycles. The predicted octanol–water partition coefficient (Wildman–Crippen LogP) is 7.77. The lowest BCUT2D eigenvalue weighted by Gasteiger charge is -2.41. The number of aliphatic hydroxyl groups is 1. The van der Waals surface area contributed by atoms with Gasteiger partial charge in [0.1, 0.15) is 6.04 Å². The summed E-state index contributed by atoms with van der Waals surface area (Å²) in [5.74, 6) is -1.64. The molecular weight excluding hydrogens is 526 g/mol. The standard InChI is InChI=1S/C20H29NO3.C14H26O2.C2H2/c1-8-20(9-2,13(3)4)16-10-11-17(14(5)12-16)18(22)21(7)15(6)19(23)24;1-9(2)10(3)12(15)11(4)14(8,16)13(5,6)7;1-2/h10-12,15H,3,8-9H2,1-2,4-7H3,(H,23,24);11,16H,1-8H3;1-2H. The van der Waals surface area contributed by atoms with Crippen LogP contribution in [0.3, 0.4) is 0 Å². The molecule has 0 aliphatic carbocycles. The number of aryl methyl sites for hydroxylation is 1. The van der Waals surface area contributed by atoms with E-state index in [0.29, 0.717) is 5.56 Å². The molecule has 0 saturated heterocycles. The first-order chi connectivity index (χ1) is 19.0. The third-order valence-electron chi connectivity index (χ3n) is 9.17. The molecule has 0 heterocycles. The van der Waals surface area contributed by atoms with Crippen molar-refractivity contribution in [3.63, 3.8) is 0 Å². The summed E-state index contributed by atoms with van der Waals surface area (Å²) in [5.41, 5.74) is 4.04. The number of carboxylic acid groups (broad SMARTS) is 1. The summed E-state index contributed by atoms with van der Waals surface area (Å²) in [6.45, 7) is 29.0. The number of rotatable bonds is 10. The number of allylic oxidation sites excluding steroid dienone is 3. The second-order valence-corrected chi connectivity index (χ2v) is 12.6. The summed E-state index contributed by atoms with van der Waals surface area (Å²) in [6.07, 6.45) is 9.89. The summed E-state index contributed by atoms with van der Waals surface area (Å²) in [6, 6.07) is 4.95. The molecule has 6 heteroatoms. The van der Waals surface area contributed by atoms with Crippen LogP contribution in [-0.4, -0.2) is 51.5 Å². The fourth-order valence-electron chi connectivity index (χ4n) is 4.72. The minimum Gasteiger partial charge on any atom is -0.480 e. The van der Waals surface area contributed by atoms with Gasteiger partial charge in [-0.25, -0.2) is 4.79 Å². The molecule has 236 valence electrons. The Hall–Kier alpha value is -3.17. The Balaban J connectivity index is 0. The van der Waals surface area contributed by atoms with E-state index in [1.54, 1.807) is 19.9 Å². The highest BCUT2D eigenvalue weighted by atomic mass is 16.4. The molecular formula is C36H57NO5. The van der Waals surface area contributed by atoms with Crippen molar-refractivity contribution in [1.29, 1.82) is 0 Å². The molecule has 3 unspecified atom stereocenters. The van der Waals surface area contributed by atoms with Gasteiger partial charge in [-0.3, -0.25) is 9.59 Å². The van der Waals surface area contributed by atoms with Crippen LogP contribution in [0.2, 0.25) is 0 Å². The van der Waals surface area contributed by atoms with Gasteiger partial charge in [0.15, 0.2) is 5.78 Å². The van der Waals surface area contributed by atoms with Crippen molar-refractivity contribution in [2.24, 2.45) is 11.3 Å². The van der Waals surface area contributed by atoms with E-state index in [1.807, 2.05) is 67.5 Å². The third kappa shape index (κ3) is 9.42. The van der Waals surface area contributed by atoms with Gasteiger partial charge in [0.2, 0.25) is 0 Å². The topological polar surface area (TPSA) is 94.9 Å². The first-order valence-corrected chi connectivity index (χ1v) is 14.6. The summed E-state index contributed by atoms with van der Waals surface area (Å²) in [4.78, 5) is 37.1. The monoisotopic (exact) mass is 583 g/mol. The molecule has 0 bridgehead atoms. The van der Waals surface area contributed by atoms with E-state index in [1.165, 1.54) is 18.9 Å². The van der Waals surface area contributed by atoms with Crippen LogP contribution >= 0.6 is 0 Å². The molecule has 1 rings (SSSR count). The maximum atomic E-state index is 12.6. The fourth-order valence-corrected chi connectivity index (χ4v) is 4.72. The number of amides is 1. The van der Waals surface area contributed by atoms with Crippen molar-refractivity contribution < 1.29 is 24.6 Å². The molecule has 6 nitrogen and oxygen atoms in total. The molecule has 1 aromatic rings. The minimum absolute atomic E-state index is 0.0416. The van der Waals surface area contributed by atoms with Gasteiger partial charge in [0, 0.05) is 23.9 Å². The fraction of sp³-hybridized carbons (Fsp3) is 0.583. The van der Waals surface area contributed by atoms with Crippen LogP contribution in [-0.2, 0) is 15.0 Å². The van der Waals surface area contributed by atoms with Crippen molar-refractivity contribution >= 4 is 17.7 Å². The van der Waals surface area contributed by atoms with Gasteiger partial charge in [0.05, 0.1) is 5.60 Å². The van der Waals surface area contributed by atoms with Crippen molar-refractivity contribution in [2.45, 2.75) is 120 Å². The SMILES string of the molecule is C#C.C=C(C)C(CC)(CC)c1ccc(C(=O)N(C)C(C)C(=O)O)c(C)c1.CC(C)=C(C)C(=O)C(C)C(C)(O)C(C)(C)C.